The predicted molar refractivity (Wildman–Crippen MR) is 126 cm³/mol. The van der Waals surface area contributed by atoms with Crippen molar-refractivity contribution in [3.05, 3.63) is 72.0 Å². The zero-order valence-electron chi connectivity index (χ0n) is 18.1. The Labute approximate surface area is 190 Å². The molecule has 0 fully saturated rings. The van der Waals surface area contributed by atoms with Gasteiger partial charge >= 0.3 is 0 Å². The fourth-order valence-corrected chi connectivity index (χ4v) is 4.04. The number of imidazole rings is 1. The molecular weight excluding hydrogens is 424 g/mol. The molecule has 4 rings (SSSR count). The van der Waals surface area contributed by atoms with Crippen molar-refractivity contribution in [2.24, 2.45) is 0 Å². The first-order chi connectivity index (χ1) is 15.5. The van der Waals surface area contributed by atoms with Crippen LogP contribution in [0.1, 0.15) is 19.7 Å². The highest BCUT2D eigenvalue weighted by atomic mass is 32.1. The molecule has 0 aliphatic heterocycles. The Morgan fingerprint density at radius 2 is 1.88 bits per heavy atom. The number of amides is 1. The van der Waals surface area contributed by atoms with E-state index in [2.05, 4.69) is 10.3 Å². The highest BCUT2D eigenvalue weighted by molar-refractivity contribution is 7.12. The average molecular weight is 449 g/mol. The van der Waals surface area contributed by atoms with Crippen LogP contribution in [-0.2, 0) is 4.79 Å². The monoisotopic (exact) mass is 448 g/mol. The molecule has 0 bridgehead atoms. The van der Waals surface area contributed by atoms with Crippen LogP contribution in [0.4, 0.5) is 5.82 Å². The van der Waals surface area contributed by atoms with Crippen molar-refractivity contribution in [3.63, 3.8) is 0 Å². The molecule has 2 aromatic carbocycles. The zero-order valence-corrected chi connectivity index (χ0v) is 18.9. The first kappa shape index (κ1) is 21.6. The molecule has 2 aromatic heterocycles. The summed E-state index contributed by atoms with van der Waals surface area (Å²) < 4.78 is 13.1. The van der Waals surface area contributed by atoms with Gasteiger partial charge in [-0.05, 0) is 57.2 Å². The van der Waals surface area contributed by atoms with Gasteiger partial charge in [-0.25, -0.2) is 9.97 Å². The molecule has 32 heavy (non-hydrogen) atoms. The second-order valence-electron chi connectivity index (χ2n) is 7.06. The maximum atomic E-state index is 12.7. The minimum Gasteiger partial charge on any atom is -0.494 e. The third-order valence-corrected chi connectivity index (χ3v) is 5.58. The lowest BCUT2D eigenvalue weighted by molar-refractivity contribution is -0.122. The molecule has 0 spiro atoms. The number of aryl methyl sites for hydroxylation is 1. The van der Waals surface area contributed by atoms with E-state index in [-0.39, 0.29) is 5.91 Å². The van der Waals surface area contributed by atoms with E-state index in [0.29, 0.717) is 18.2 Å². The number of hydrogen-bond donors (Lipinski definition) is 1. The van der Waals surface area contributed by atoms with Gasteiger partial charge in [-0.1, -0.05) is 18.2 Å². The van der Waals surface area contributed by atoms with Crippen molar-refractivity contribution in [2.75, 3.05) is 11.9 Å². The molecule has 164 valence electrons. The molecule has 0 radical (unpaired) electrons. The summed E-state index contributed by atoms with van der Waals surface area (Å²) in [5.74, 6) is 2.47. The Morgan fingerprint density at radius 3 is 2.59 bits per heavy atom. The summed E-state index contributed by atoms with van der Waals surface area (Å²) in [7, 11) is 0. The van der Waals surface area contributed by atoms with Crippen LogP contribution >= 0.6 is 11.3 Å². The minimum atomic E-state index is -0.670. The van der Waals surface area contributed by atoms with Gasteiger partial charge in [0.25, 0.3) is 5.91 Å². The molecule has 1 N–H and O–H groups in total. The van der Waals surface area contributed by atoms with Crippen LogP contribution in [-0.4, -0.2) is 33.2 Å². The van der Waals surface area contributed by atoms with Gasteiger partial charge in [0.15, 0.2) is 11.2 Å². The van der Waals surface area contributed by atoms with Crippen LogP contribution in [0.3, 0.4) is 0 Å². The highest BCUT2D eigenvalue weighted by Crippen LogP contribution is 2.28. The molecule has 1 unspecified atom stereocenters. The number of benzene rings is 2. The maximum absolute atomic E-state index is 12.7. The van der Waals surface area contributed by atoms with E-state index in [1.165, 1.54) is 11.3 Å². The maximum Gasteiger partial charge on any atom is 0.266 e. The van der Waals surface area contributed by atoms with Crippen LogP contribution in [0.25, 0.3) is 16.4 Å². The third kappa shape index (κ3) is 4.81. The molecule has 1 amide bonds. The van der Waals surface area contributed by atoms with Gasteiger partial charge in [0.05, 0.1) is 18.5 Å². The zero-order chi connectivity index (χ0) is 22.5. The Balaban J connectivity index is 1.51. The van der Waals surface area contributed by atoms with Crippen LogP contribution in [0, 0.1) is 6.92 Å². The molecule has 8 heteroatoms. The number of anilines is 1. The van der Waals surface area contributed by atoms with Crippen molar-refractivity contribution in [1.82, 2.24) is 14.5 Å². The van der Waals surface area contributed by atoms with Gasteiger partial charge in [0, 0.05) is 10.9 Å². The van der Waals surface area contributed by atoms with Crippen LogP contribution in [0.5, 0.6) is 11.5 Å². The molecule has 4 aromatic rings. The summed E-state index contributed by atoms with van der Waals surface area (Å²) in [6.07, 6.45) is 0.956. The number of ether oxygens (including phenoxy) is 2. The van der Waals surface area contributed by atoms with Crippen LogP contribution in [0.2, 0.25) is 0 Å². The Kier molecular flexibility index (Phi) is 6.51. The fourth-order valence-electron chi connectivity index (χ4n) is 3.15. The van der Waals surface area contributed by atoms with Crippen LogP contribution < -0.4 is 14.8 Å². The van der Waals surface area contributed by atoms with Gasteiger partial charge in [0.1, 0.15) is 23.1 Å². The number of aromatic nitrogens is 3. The Bertz CT molecular complexity index is 1190. The van der Waals surface area contributed by atoms with Crippen molar-refractivity contribution in [2.45, 2.75) is 26.9 Å². The standard InChI is InChI=1S/C24H24N4O3S/c1-4-30-19-12-10-18(11-13-19)21-15-32-24(26-21)28-17(3)25-14-22(28)27-23(29)16(2)31-20-8-6-5-7-9-20/h5-16H,4H2,1-3H3,(H,27,29). The van der Waals surface area contributed by atoms with Gasteiger partial charge < -0.3 is 14.8 Å². The molecule has 0 saturated heterocycles. The molecule has 0 aliphatic carbocycles. The van der Waals surface area contributed by atoms with Gasteiger partial charge in [-0.3, -0.25) is 9.36 Å². The lowest BCUT2D eigenvalue weighted by atomic mass is 10.2. The summed E-state index contributed by atoms with van der Waals surface area (Å²) in [6, 6.07) is 17.1. The lowest BCUT2D eigenvalue weighted by Gasteiger charge is -2.15. The van der Waals surface area contributed by atoms with Crippen LogP contribution in [0.15, 0.2) is 66.2 Å². The first-order valence-corrected chi connectivity index (χ1v) is 11.2. The Morgan fingerprint density at radius 1 is 1.12 bits per heavy atom. The molecule has 7 nitrogen and oxygen atoms in total. The largest absolute Gasteiger partial charge is 0.494 e. The van der Waals surface area contributed by atoms with E-state index in [9.17, 15) is 4.79 Å². The summed E-state index contributed by atoms with van der Waals surface area (Å²) in [5, 5.41) is 5.61. The number of carbonyl (C=O) groups is 1. The number of thiazole rings is 1. The van der Waals surface area contributed by atoms with E-state index in [1.807, 2.05) is 78.4 Å². The van der Waals surface area contributed by atoms with E-state index in [0.717, 1.165) is 28.0 Å². The van der Waals surface area contributed by atoms with E-state index in [4.69, 9.17) is 14.5 Å². The number of nitrogens with zero attached hydrogens (tertiary/aromatic N) is 3. The first-order valence-electron chi connectivity index (χ1n) is 10.3. The minimum absolute atomic E-state index is 0.265. The van der Waals surface area contributed by atoms with E-state index >= 15 is 0 Å². The quantitative estimate of drug-likeness (QED) is 0.405. The molecular formula is C24H24N4O3S. The number of carbonyl (C=O) groups excluding carboxylic acids is 1. The molecule has 0 saturated carbocycles. The van der Waals surface area contributed by atoms with Gasteiger partial charge in [-0.2, -0.15) is 0 Å². The molecule has 2 heterocycles. The van der Waals surface area contributed by atoms with E-state index in [1.54, 1.807) is 13.1 Å². The number of nitrogens with one attached hydrogen (secondary N) is 1. The van der Waals surface area contributed by atoms with Gasteiger partial charge in [-0.15, -0.1) is 11.3 Å². The van der Waals surface area contributed by atoms with E-state index < -0.39 is 6.10 Å². The second-order valence-corrected chi connectivity index (χ2v) is 7.90. The fraction of sp³-hybridized carbons (Fsp3) is 0.208. The second kappa shape index (κ2) is 9.65. The smallest absolute Gasteiger partial charge is 0.266 e. The van der Waals surface area contributed by atoms with Crippen molar-refractivity contribution < 1.29 is 14.3 Å². The number of para-hydroxylation sites is 1. The SMILES string of the molecule is CCOc1ccc(-c2csc(-n3c(NC(=O)C(C)Oc4ccccc4)cnc3C)n2)cc1. The topological polar surface area (TPSA) is 78.3 Å². The normalized spacial score (nSPS) is 11.7. The highest BCUT2D eigenvalue weighted by Gasteiger charge is 2.19. The molecule has 1 atom stereocenters. The predicted octanol–water partition coefficient (Wildman–Crippen LogP) is 5.11. The number of rotatable bonds is 8. The van der Waals surface area contributed by atoms with Gasteiger partial charge in [0.2, 0.25) is 0 Å². The summed E-state index contributed by atoms with van der Waals surface area (Å²) in [6.45, 7) is 6.17. The van der Waals surface area contributed by atoms with Crippen molar-refractivity contribution in [1.29, 1.82) is 0 Å². The average Bonchev–Trinajstić information content (AvgIpc) is 3.42. The number of hydrogen-bond acceptors (Lipinski definition) is 6. The van der Waals surface area contributed by atoms with Crippen molar-refractivity contribution >= 4 is 23.1 Å². The summed E-state index contributed by atoms with van der Waals surface area (Å²) >= 11 is 1.48. The summed E-state index contributed by atoms with van der Waals surface area (Å²) in [4.78, 5) is 21.8. The molecule has 0 aliphatic rings. The Hall–Kier alpha value is -3.65. The lowest BCUT2D eigenvalue weighted by Crippen LogP contribution is -2.30. The van der Waals surface area contributed by atoms with Crippen molar-refractivity contribution in [3.8, 4) is 27.9 Å². The third-order valence-electron chi connectivity index (χ3n) is 4.76. The summed E-state index contributed by atoms with van der Waals surface area (Å²) in [5.41, 5.74) is 1.84.